The van der Waals surface area contributed by atoms with Gasteiger partial charge in [0.1, 0.15) is 50.7 Å². The zero-order chi connectivity index (χ0) is 34.6. The van der Waals surface area contributed by atoms with E-state index in [1.54, 1.807) is 6.92 Å². The normalized spacial score (nSPS) is 13.6. The summed E-state index contributed by atoms with van der Waals surface area (Å²) in [6.07, 6.45) is 3.26. The molecule has 0 atom stereocenters. The van der Waals surface area contributed by atoms with Gasteiger partial charge in [-0.3, -0.25) is 9.80 Å². The number of hydrogen-bond donors (Lipinski definition) is 2. The minimum absolute atomic E-state index is 0.110. The average molecular weight is 651 g/mol. The van der Waals surface area contributed by atoms with E-state index >= 15 is 0 Å². The zero-order valence-corrected chi connectivity index (χ0v) is 26.7. The largest absolute Gasteiger partial charge is 0.478 e. The van der Waals surface area contributed by atoms with Gasteiger partial charge in [-0.25, -0.2) is 24.0 Å². The van der Waals surface area contributed by atoms with Crippen LogP contribution in [-0.4, -0.2) is 130 Å². The summed E-state index contributed by atoms with van der Waals surface area (Å²) in [6, 6.07) is 0. The molecule has 0 aromatic rings. The van der Waals surface area contributed by atoms with Gasteiger partial charge < -0.3 is 39.1 Å². The molecular weight excluding hydrogens is 604 g/mol. The van der Waals surface area contributed by atoms with Gasteiger partial charge in [0.15, 0.2) is 5.88 Å². The van der Waals surface area contributed by atoms with Crippen LogP contribution in [0.1, 0.15) is 13.8 Å². The van der Waals surface area contributed by atoms with Gasteiger partial charge in [0.05, 0.1) is 0 Å². The third-order valence-electron chi connectivity index (χ3n) is 6.43. The van der Waals surface area contributed by atoms with E-state index in [9.17, 15) is 24.0 Å². The summed E-state index contributed by atoms with van der Waals surface area (Å²) in [7, 11) is 0. The number of carbonyl (C=O) groups excluding carboxylic acids is 5. The molecular formula is C31H46N4O11. The van der Waals surface area contributed by atoms with Gasteiger partial charge in [-0.05, 0) is 20.4 Å². The molecule has 1 saturated heterocycles. The minimum Gasteiger partial charge on any atom is -0.478 e. The Morgan fingerprint density at radius 2 is 0.913 bits per heavy atom. The molecule has 1 aliphatic heterocycles. The summed E-state index contributed by atoms with van der Waals surface area (Å²) in [5.41, 5.74) is -2.24. The lowest BCUT2D eigenvalue weighted by Gasteiger charge is -2.35. The van der Waals surface area contributed by atoms with Crippen LogP contribution in [0.5, 0.6) is 0 Å². The molecule has 1 heterocycles. The minimum atomic E-state index is -1.24. The second-order valence-corrected chi connectivity index (χ2v) is 10.7. The smallest absolute Gasteiger partial charge is 0.407 e. The fourth-order valence-corrected chi connectivity index (χ4v) is 3.84. The molecule has 0 radical (unpaired) electrons. The first-order valence-electron chi connectivity index (χ1n) is 14.4. The van der Waals surface area contributed by atoms with Crippen LogP contribution in [0, 0.1) is 0 Å². The van der Waals surface area contributed by atoms with Crippen LogP contribution in [0.25, 0.3) is 0 Å². The van der Waals surface area contributed by atoms with Crippen LogP contribution >= 0.6 is 0 Å². The number of amides is 1. The predicted octanol–water partition coefficient (Wildman–Crippen LogP) is 0.842. The zero-order valence-electron chi connectivity index (χ0n) is 26.7. The van der Waals surface area contributed by atoms with E-state index in [1.165, 1.54) is 6.92 Å². The molecule has 15 heteroatoms. The Kier molecular flexibility index (Phi) is 17.5. The average Bonchev–Trinajstić information content (AvgIpc) is 3.04. The molecule has 46 heavy (non-hydrogen) atoms. The Balaban J connectivity index is 2.43. The van der Waals surface area contributed by atoms with E-state index in [4.69, 9.17) is 28.4 Å². The summed E-state index contributed by atoms with van der Waals surface area (Å²) in [6.45, 7) is 24.2. The first-order chi connectivity index (χ1) is 21.8. The highest BCUT2D eigenvalue weighted by molar-refractivity contribution is 5.82. The third kappa shape index (κ3) is 16.4. The molecule has 1 rings (SSSR count). The number of ether oxygens (including phenoxy) is 6. The number of carbonyl (C=O) groups is 5. The van der Waals surface area contributed by atoms with Crippen LogP contribution in [0.2, 0.25) is 0 Å². The highest BCUT2D eigenvalue weighted by atomic mass is 16.6. The van der Waals surface area contributed by atoms with Crippen LogP contribution in [0.4, 0.5) is 4.79 Å². The maximum absolute atomic E-state index is 12.4. The van der Waals surface area contributed by atoms with Crippen molar-refractivity contribution >= 4 is 30.0 Å². The summed E-state index contributed by atoms with van der Waals surface area (Å²) >= 11 is 0. The molecule has 0 saturated carbocycles. The van der Waals surface area contributed by atoms with Gasteiger partial charge in [-0.2, -0.15) is 0 Å². The monoisotopic (exact) mass is 650 g/mol. The first kappa shape index (κ1) is 39.4. The fourth-order valence-electron chi connectivity index (χ4n) is 3.84. The molecule has 0 spiro atoms. The van der Waals surface area contributed by atoms with Crippen molar-refractivity contribution in [1.29, 1.82) is 0 Å². The second kappa shape index (κ2) is 20.4. The molecule has 2 N–H and O–H groups in total. The number of alkyl carbamates (subject to hydrolysis) is 1. The SMILES string of the molecule is C=CC(=O)OCC(C)(COC(=O)C=C)NC(=C)OCCN1CCN(CCOC(=O)NC(C)(COC(=O)C=C)COC(=O)C=C)CC1. The summed E-state index contributed by atoms with van der Waals surface area (Å²) in [5.74, 6) is -2.42. The van der Waals surface area contributed by atoms with Crippen LogP contribution in [0.3, 0.4) is 0 Å². The van der Waals surface area contributed by atoms with Crippen molar-refractivity contribution in [2.24, 2.45) is 0 Å². The van der Waals surface area contributed by atoms with E-state index in [2.05, 4.69) is 53.3 Å². The molecule has 1 amide bonds. The maximum atomic E-state index is 12.4. The number of nitrogens with zero attached hydrogens (tertiary/aromatic N) is 2. The summed E-state index contributed by atoms with van der Waals surface area (Å²) in [5, 5.41) is 5.59. The van der Waals surface area contributed by atoms with E-state index in [0.717, 1.165) is 50.5 Å². The van der Waals surface area contributed by atoms with Crippen molar-refractivity contribution < 1.29 is 52.4 Å². The molecule has 256 valence electrons. The van der Waals surface area contributed by atoms with Crippen molar-refractivity contribution in [2.75, 3.05) is 78.9 Å². The maximum Gasteiger partial charge on any atom is 0.407 e. The Morgan fingerprint density at radius 1 is 0.587 bits per heavy atom. The number of rotatable bonds is 22. The van der Waals surface area contributed by atoms with Gasteiger partial charge in [-0.15, -0.1) is 0 Å². The van der Waals surface area contributed by atoms with Crippen molar-refractivity contribution in [3.63, 3.8) is 0 Å². The Morgan fingerprint density at radius 3 is 1.26 bits per heavy atom. The van der Waals surface area contributed by atoms with Crippen LogP contribution in [-0.2, 0) is 47.6 Å². The van der Waals surface area contributed by atoms with Crippen molar-refractivity contribution in [3.05, 3.63) is 63.1 Å². The van der Waals surface area contributed by atoms with Crippen LogP contribution in [0.15, 0.2) is 63.1 Å². The lowest BCUT2D eigenvalue weighted by molar-refractivity contribution is -0.146. The van der Waals surface area contributed by atoms with Gasteiger partial charge in [0, 0.05) is 63.6 Å². The summed E-state index contributed by atoms with van der Waals surface area (Å²) < 4.78 is 31.3. The highest BCUT2D eigenvalue weighted by Crippen LogP contribution is 2.11. The molecule has 0 bridgehead atoms. The first-order valence-corrected chi connectivity index (χ1v) is 14.4. The standard InChI is InChI=1S/C31H46N4O11/c1-8-25(36)43-20-30(6,21-44-26(37)9-2)32-24(5)41-18-16-34-12-14-35(15-13-34)17-19-42-29(40)33-31(7,22-45-27(38)10-3)23-46-28(39)11-4/h8-11,32H,1-5,12-23H2,6-7H3,(H,33,40). The fraction of sp³-hybridized carbons (Fsp3) is 0.516. The van der Waals surface area contributed by atoms with Crippen molar-refractivity contribution in [2.45, 2.75) is 24.9 Å². The van der Waals surface area contributed by atoms with Crippen molar-refractivity contribution in [3.8, 4) is 0 Å². The topological polar surface area (TPSA) is 171 Å². The highest BCUT2D eigenvalue weighted by Gasteiger charge is 2.31. The molecule has 0 aliphatic carbocycles. The molecule has 1 aliphatic rings. The van der Waals surface area contributed by atoms with E-state index in [-0.39, 0.29) is 38.9 Å². The molecule has 0 aromatic heterocycles. The van der Waals surface area contributed by atoms with Gasteiger partial charge in [0.2, 0.25) is 0 Å². The lowest BCUT2D eigenvalue weighted by atomic mass is 10.1. The van der Waals surface area contributed by atoms with Gasteiger partial charge in [0.25, 0.3) is 0 Å². The Bertz CT molecular complexity index is 982. The van der Waals surface area contributed by atoms with E-state index < -0.39 is 41.0 Å². The second-order valence-electron chi connectivity index (χ2n) is 10.7. The van der Waals surface area contributed by atoms with E-state index in [0.29, 0.717) is 19.7 Å². The molecule has 0 unspecified atom stereocenters. The summed E-state index contributed by atoms with van der Waals surface area (Å²) in [4.78, 5) is 62.8. The van der Waals surface area contributed by atoms with E-state index in [1.807, 2.05) is 0 Å². The van der Waals surface area contributed by atoms with Crippen molar-refractivity contribution in [1.82, 2.24) is 20.4 Å². The number of nitrogens with one attached hydrogen (secondary N) is 2. The van der Waals surface area contributed by atoms with Gasteiger partial charge >= 0.3 is 30.0 Å². The number of hydrogen-bond acceptors (Lipinski definition) is 14. The third-order valence-corrected chi connectivity index (χ3v) is 6.43. The molecule has 0 aromatic carbocycles. The molecule has 15 nitrogen and oxygen atoms in total. The Labute approximate surface area is 269 Å². The number of esters is 4. The lowest BCUT2D eigenvalue weighted by Crippen LogP contribution is -2.54. The van der Waals surface area contributed by atoms with Gasteiger partial charge in [-0.1, -0.05) is 26.3 Å². The molecule has 1 fully saturated rings. The number of piperazine rings is 1. The quantitative estimate of drug-likeness (QED) is 0.0731. The van der Waals surface area contributed by atoms with Crippen LogP contribution < -0.4 is 10.6 Å². The Hall–Kier alpha value is -4.63. The predicted molar refractivity (Wildman–Crippen MR) is 167 cm³/mol.